The van der Waals surface area contributed by atoms with Crippen LogP contribution in [0.4, 0.5) is 22.0 Å². The summed E-state index contributed by atoms with van der Waals surface area (Å²) < 4.78 is 70.7. The van der Waals surface area contributed by atoms with E-state index in [1.165, 1.54) is 0 Å². The van der Waals surface area contributed by atoms with E-state index in [-0.39, 0.29) is 5.92 Å². The van der Waals surface area contributed by atoms with Crippen molar-refractivity contribution in [2.45, 2.75) is 72.6 Å². The van der Waals surface area contributed by atoms with E-state index in [1.54, 1.807) is 0 Å². The van der Waals surface area contributed by atoms with Gasteiger partial charge in [-0.25, -0.2) is 4.79 Å². The van der Waals surface area contributed by atoms with Gasteiger partial charge in [-0.1, -0.05) is 41.0 Å². The SMILES string of the molecule is CCC(C)(C)C(CC(C)C)C(=O)OC(C)C(=O)OCC(F)(F)C(F)(F)F. The first kappa shape index (κ1) is 24.6. The van der Waals surface area contributed by atoms with Crippen LogP contribution < -0.4 is 0 Å². The smallest absolute Gasteiger partial charge is 0.456 e. The van der Waals surface area contributed by atoms with Gasteiger partial charge in [-0.15, -0.1) is 0 Å². The maximum atomic E-state index is 12.8. The highest BCUT2D eigenvalue weighted by Crippen LogP contribution is 2.37. The van der Waals surface area contributed by atoms with Gasteiger partial charge in [0.05, 0.1) is 5.92 Å². The van der Waals surface area contributed by atoms with Gasteiger partial charge in [-0.2, -0.15) is 22.0 Å². The summed E-state index contributed by atoms with van der Waals surface area (Å²) in [5, 5.41) is 0. The topological polar surface area (TPSA) is 52.6 Å². The van der Waals surface area contributed by atoms with Gasteiger partial charge in [-0.05, 0) is 24.7 Å². The molecule has 9 heteroatoms. The zero-order valence-corrected chi connectivity index (χ0v) is 15.9. The van der Waals surface area contributed by atoms with E-state index < -0.39 is 48.1 Å². The second-order valence-corrected chi connectivity index (χ2v) is 7.41. The van der Waals surface area contributed by atoms with Gasteiger partial charge in [0.25, 0.3) is 0 Å². The third-order valence-electron chi connectivity index (χ3n) is 4.28. The minimum absolute atomic E-state index is 0.158. The van der Waals surface area contributed by atoms with Crippen molar-refractivity contribution < 1.29 is 41.0 Å². The number of halogens is 5. The molecule has 4 nitrogen and oxygen atoms in total. The molecule has 26 heavy (non-hydrogen) atoms. The molecule has 0 N–H and O–H groups in total. The number of carbonyl (C=O) groups is 2. The summed E-state index contributed by atoms with van der Waals surface area (Å²) in [5.41, 5.74) is -0.436. The Morgan fingerprint density at radius 2 is 1.46 bits per heavy atom. The lowest BCUT2D eigenvalue weighted by Crippen LogP contribution is -2.43. The number of hydrogen-bond donors (Lipinski definition) is 0. The maximum absolute atomic E-state index is 12.8. The average Bonchev–Trinajstić information content (AvgIpc) is 2.48. The van der Waals surface area contributed by atoms with E-state index in [0.29, 0.717) is 12.8 Å². The highest BCUT2D eigenvalue weighted by atomic mass is 19.4. The highest BCUT2D eigenvalue weighted by Gasteiger charge is 2.58. The largest absolute Gasteiger partial charge is 0.456 e. The van der Waals surface area contributed by atoms with Crippen LogP contribution in [0, 0.1) is 17.3 Å². The Labute approximate surface area is 150 Å². The van der Waals surface area contributed by atoms with Crippen LogP contribution in [-0.4, -0.2) is 36.7 Å². The molecular formula is C17H27F5O4. The minimum Gasteiger partial charge on any atom is -0.456 e. The molecule has 0 spiro atoms. The maximum Gasteiger partial charge on any atom is 0.456 e. The van der Waals surface area contributed by atoms with Crippen molar-refractivity contribution >= 4 is 11.9 Å². The highest BCUT2D eigenvalue weighted by molar-refractivity contribution is 5.80. The fourth-order valence-corrected chi connectivity index (χ4v) is 2.12. The Balaban J connectivity index is 4.93. The van der Waals surface area contributed by atoms with Crippen LogP contribution >= 0.6 is 0 Å². The zero-order chi connectivity index (χ0) is 20.9. The molecule has 154 valence electrons. The first-order chi connectivity index (χ1) is 11.5. The summed E-state index contributed by atoms with van der Waals surface area (Å²) in [7, 11) is 0. The molecule has 0 aliphatic heterocycles. The Kier molecular flexibility index (Phi) is 8.50. The van der Waals surface area contributed by atoms with Gasteiger partial charge in [0.2, 0.25) is 0 Å². The molecule has 0 amide bonds. The van der Waals surface area contributed by atoms with E-state index >= 15 is 0 Å². The van der Waals surface area contributed by atoms with Crippen molar-refractivity contribution in [1.82, 2.24) is 0 Å². The molecule has 0 heterocycles. The number of rotatable bonds is 9. The Hall–Kier alpha value is -1.41. The molecular weight excluding hydrogens is 363 g/mol. The van der Waals surface area contributed by atoms with Crippen molar-refractivity contribution in [2.24, 2.45) is 17.3 Å². The van der Waals surface area contributed by atoms with Crippen molar-refractivity contribution in [2.75, 3.05) is 6.61 Å². The molecule has 0 aliphatic rings. The van der Waals surface area contributed by atoms with Gasteiger partial charge in [-0.3, -0.25) is 4.79 Å². The number of esters is 2. The average molecular weight is 390 g/mol. The summed E-state index contributed by atoms with van der Waals surface area (Å²) in [6, 6.07) is 0. The molecule has 2 unspecified atom stereocenters. The number of hydrogen-bond acceptors (Lipinski definition) is 4. The van der Waals surface area contributed by atoms with Crippen molar-refractivity contribution in [3.63, 3.8) is 0 Å². The number of ether oxygens (including phenoxy) is 2. The Morgan fingerprint density at radius 1 is 0.962 bits per heavy atom. The van der Waals surface area contributed by atoms with E-state index in [1.807, 2.05) is 34.6 Å². The van der Waals surface area contributed by atoms with Gasteiger partial charge >= 0.3 is 24.0 Å². The summed E-state index contributed by atoms with van der Waals surface area (Å²) >= 11 is 0. The fraction of sp³-hybridized carbons (Fsp3) is 0.882. The summed E-state index contributed by atoms with van der Waals surface area (Å²) in [5.74, 6) is -7.74. The van der Waals surface area contributed by atoms with Crippen molar-refractivity contribution in [3.05, 3.63) is 0 Å². The van der Waals surface area contributed by atoms with Crippen LogP contribution in [0.3, 0.4) is 0 Å². The molecule has 0 saturated carbocycles. The molecule has 0 rings (SSSR count). The lowest BCUT2D eigenvalue weighted by atomic mass is 9.73. The van der Waals surface area contributed by atoms with Crippen LogP contribution in [0.2, 0.25) is 0 Å². The predicted octanol–water partition coefficient (Wildman–Crippen LogP) is 4.76. The molecule has 0 bridgehead atoms. The summed E-state index contributed by atoms with van der Waals surface area (Å²) in [4.78, 5) is 24.0. The van der Waals surface area contributed by atoms with Crippen LogP contribution in [0.25, 0.3) is 0 Å². The van der Waals surface area contributed by atoms with E-state index in [2.05, 4.69) is 4.74 Å². The van der Waals surface area contributed by atoms with E-state index in [4.69, 9.17) is 4.74 Å². The third-order valence-corrected chi connectivity index (χ3v) is 4.28. The lowest BCUT2D eigenvalue weighted by molar-refractivity contribution is -0.294. The molecule has 0 aromatic carbocycles. The summed E-state index contributed by atoms with van der Waals surface area (Å²) in [6.45, 7) is 8.32. The first-order valence-corrected chi connectivity index (χ1v) is 8.36. The van der Waals surface area contributed by atoms with Crippen molar-refractivity contribution in [1.29, 1.82) is 0 Å². The Morgan fingerprint density at radius 3 is 1.85 bits per heavy atom. The quantitative estimate of drug-likeness (QED) is 0.421. The molecule has 0 saturated heterocycles. The molecule has 0 aromatic heterocycles. The molecule has 0 aliphatic carbocycles. The van der Waals surface area contributed by atoms with Crippen LogP contribution in [0.1, 0.15) is 54.4 Å². The first-order valence-electron chi connectivity index (χ1n) is 8.36. The number of alkyl halides is 5. The monoisotopic (exact) mass is 390 g/mol. The van der Waals surface area contributed by atoms with Gasteiger partial charge in [0.15, 0.2) is 12.7 Å². The molecule has 0 fully saturated rings. The molecule has 0 radical (unpaired) electrons. The standard InChI is InChI=1S/C17H27F5O4/c1-7-15(5,6)12(8-10(2)3)14(24)26-11(4)13(23)25-9-16(18,19)17(20,21)22/h10-12H,7-9H2,1-6H3. The zero-order valence-electron chi connectivity index (χ0n) is 15.9. The van der Waals surface area contributed by atoms with Gasteiger partial charge < -0.3 is 9.47 Å². The van der Waals surface area contributed by atoms with E-state index in [0.717, 1.165) is 6.92 Å². The number of carbonyl (C=O) groups excluding carboxylic acids is 2. The van der Waals surface area contributed by atoms with Crippen LogP contribution in [0.15, 0.2) is 0 Å². The fourth-order valence-electron chi connectivity index (χ4n) is 2.12. The van der Waals surface area contributed by atoms with E-state index in [9.17, 15) is 31.5 Å². The second kappa shape index (κ2) is 8.99. The predicted molar refractivity (Wildman–Crippen MR) is 84.5 cm³/mol. The molecule has 0 aromatic rings. The Bertz CT molecular complexity index is 486. The third kappa shape index (κ3) is 7.07. The van der Waals surface area contributed by atoms with Gasteiger partial charge in [0.1, 0.15) is 0 Å². The van der Waals surface area contributed by atoms with Crippen molar-refractivity contribution in [3.8, 4) is 0 Å². The lowest BCUT2D eigenvalue weighted by Gasteiger charge is -2.33. The van der Waals surface area contributed by atoms with Crippen LogP contribution in [0.5, 0.6) is 0 Å². The normalized spacial score (nSPS) is 15.5. The van der Waals surface area contributed by atoms with Crippen LogP contribution in [-0.2, 0) is 19.1 Å². The molecule has 2 atom stereocenters. The second-order valence-electron chi connectivity index (χ2n) is 7.41. The van der Waals surface area contributed by atoms with Gasteiger partial charge in [0, 0.05) is 0 Å². The minimum atomic E-state index is -5.83. The summed E-state index contributed by atoms with van der Waals surface area (Å²) in [6.07, 6.45) is -6.29.